The van der Waals surface area contributed by atoms with Gasteiger partial charge in [-0.25, -0.2) is 4.39 Å². The molecular formula is C49H55ClFN5O13. The summed E-state index contributed by atoms with van der Waals surface area (Å²) in [5, 5.41) is 16.8. The number of H-pyrrole nitrogens is 1. The first kappa shape index (κ1) is 50.9. The van der Waals surface area contributed by atoms with Crippen molar-refractivity contribution in [2.45, 2.75) is 69.6 Å². The summed E-state index contributed by atoms with van der Waals surface area (Å²) < 4.78 is 41.7. The lowest BCUT2D eigenvalue weighted by Gasteiger charge is -2.37. The van der Waals surface area contributed by atoms with Gasteiger partial charge in [0.2, 0.25) is 17.4 Å². The molecule has 69 heavy (non-hydrogen) atoms. The van der Waals surface area contributed by atoms with E-state index in [4.69, 9.17) is 35.3 Å². The van der Waals surface area contributed by atoms with Crippen LogP contribution in [0.25, 0.3) is 10.9 Å². The number of ketones is 1. The summed E-state index contributed by atoms with van der Waals surface area (Å²) in [6.07, 6.45) is 2.30. The minimum atomic E-state index is -2.31. The van der Waals surface area contributed by atoms with Gasteiger partial charge in [0, 0.05) is 60.8 Å². The number of benzene rings is 3. The van der Waals surface area contributed by atoms with Crippen molar-refractivity contribution in [1.29, 1.82) is 0 Å². The van der Waals surface area contributed by atoms with Crippen LogP contribution in [0.4, 0.5) is 10.1 Å². The van der Waals surface area contributed by atoms with E-state index in [-0.39, 0.29) is 55.1 Å². The number of carbonyl (C=O) groups is 7. The summed E-state index contributed by atoms with van der Waals surface area (Å²) in [4.78, 5) is 95.2. The van der Waals surface area contributed by atoms with Crippen molar-refractivity contribution in [2.24, 2.45) is 0 Å². The Balaban J connectivity index is 0.691. The van der Waals surface area contributed by atoms with Crippen LogP contribution in [0.15, 0.2) is 60.7 Å². The first-order valence-electron chi connectivity index (χ1n) is 23.0. The number of imide groups is 2. The molecule has 0 bridgehead atoms. The second kappa shape index (κ2) is 24.1. The van der Waals surface area contributed by atoms with Gasteiger partial charge in [-0.05, 0) is 98.2 Å². The second-order valence-electron chi connectivity index (χ2n) is 16.8. The largest absolute Gasteiger partial charge is 0.379 e. The smallest absolute Gasteiger partial charge is 0.268 e. The van der Waals surface area contributed by atoms with Crippen molar-refractivity contribution in [3.8, 4) is 0 Å². The number of aliphatic hydroxyl groups is 1. The van der Waals surface area contributed by atoms with E-state index in [1.807, 2.05) is 0 Å². The molecule has 4 aromatic rings. The van der Waals surface area contributed by atoms with Gasteiger partial charge in [0.15, 0.2) is 5.78 Å². The van der Waals surface area contributed by atoms with E-state index in [1.54, 1.807) is 42.5 Å². The molecule has 2 unspecified atom stereocenters. The lowest BCUT2D eigenvalue weighted by molar-refractivity contribution is -0.154. The van der Waals surface area contributed by atoms with E-state index in [1.165, 1.54) is 17.0 Å². The molecule has 0 spiro atoms. The summed E-state index contributed by atoms with van der Waals surface area (Å²) in [6.45, 7) is 3.93. The lowest BCUT2D eigenvalue weighted by atomic mass is 9.90. The maximum Gasteiger partial charge on any atom is 0.268 e. The highest BCUT2D eigenvalue weighted by molar-refractivity contribution is 6.30. The standard InChI is InChI=1S/C49H55ClFN5O13/c50-34-25-31(26-35(51)29-34)30-52-47(62)49(64)13-4-14-55(48(49)63)36-9-10-38-33(27-36)28-39(53-38)41(57)8-3-16-66-18-20-68-22-24-69-23-21-67-19-17-65-15-2-6-32-5-1-7-37-43(32)46(61)56(45(37)60)40-11-12-42(58)54-44(40)59/h1,5,7,9-10,25-29,40,53,64H,2-4,6,8,11-24,30H2,(H,52,62)(H,54,58,59). The number of fused-ring (bicyclic) bond motifs is 2. The molecule has 0 radical (unpaired) electrons. The normalized spacial score (nSPS) is 18.3. The molecule has 2 saturated heterocycles. The van der Waals surface area contributed by atoms with E-state index in [0.29, 0.717) is 131 Å². The summed E-state index contributed by atoms with van der Waals surface area (Å²) in [6, 6.07) is 14.7. The molecule has 7 rings (SSSR count). The predicted molar refractivity (Wildman–Crippen MR) is 247 cm³/mol. The Morgan fingerprint density at radius 2 is 1.51 bits per heavy atom. The molecule has 2 atom stereocenters. The molecule has 4 N–H and O–H groups in total. The van der Waals surface area contributed by atoms with Crippen molar-refractivity contribution in [3.63, 3.8) is 0 Å². The Hall–Kier alpha value is -5.93. The zero-order valence-electron chi connectivity index (χ0n) is 38.0. The number of piperidine rings is 2. The van der Waals surface area contributed by atoms with E-state index in [9.17, 15) is 43.1 Å². The molecule has 0 aliphatic carbocycles. The Labute approximate surface area is 402 Å². The number of amides is 6. The molecule has 20 heteroatoms. The van der Waals surface area contributed by atoms with Crippen LogP contribution < -0.4 is 15.5 Å². The summed E-state index contributed by atoms with van der Waals surface area (Å²) in [5.74, 6) is -4.45. The predicted octanol–water partition coefficient (Wildman–Crippen LogP) is 4.21. The maximum absolute atomic E-state index is 13.7. The molecule has 4 heterocycles. The Morgan fingerprint density at radius 1 is 0.826 bits per heavy atom. The topological polar surface area (TPSA) is 232 Å². The number of anilines is 1. The van der Waals surface area contributed by atoms with Gasteiger partial charge in [-0.15, -0.1) is 0 Å². The summed E-state index contributed by atoms with van der Waals surface area (Å²) in [7, 11) is 0. The van der Waals surface area contributed by atoms with Gasteiger partial charge in [0.25, 0.3) is 23.6 Å². The van der Waals surface area contributed by atoms with Gasteiger partial charge in [-0.3, -0.25) is 43.8 Å². The number of nitrogens with one attached hydrogen (secondary N) is 3. The number of carbonyl (C=O) groups excluding carboxylic acids is 7. The van der Waals surface area contributed by atoms with Crippen molar-refractivity contribution in [1.82, 2.24) is 20.5 Å². The fraction of sp³-hybridized carbons (Fsp3) is 0.449. The third kappa shape index (κ3) is 12.8. The zero-order valence-corrected chi connectivity index (χ0v) is 38.7. The number of aryl methyl sites for hydroxylation is 1. The Kier molecular flexibility index (Phi) is 17.8. The van der Waals surface area contributed by atoms with Crippen LogP contribution >= 0.6 is 11.6 Å². The Morgan fingerprint density at radius 3 is 2.19 bits per heavy atom. The minimum Gasteiger partial charge on any atom is -0.379 e. The molecule has 18 nitrogen and oxygen atoms in total. The number of Topliss-reactive ketones (excluding diaryl/α,β-unsaturated/α-hetero) is 1. The number of rotatable bonds is 26. The monoisotopic (exact) mass is 975 g/mol. The molecule has 3 aliphatic rings. The number of halogens is 2. The summed E-state index contributed by atoms with van der Waals surface area (Å²) in [5.41, 5.74) is 0.891. The quantitative estimate of drug-likeness (QED) is 0.0299. The van der Waals surface area contributed by atoms with E-state index >= 15 is 0 Å². The highest BCUT2D eigenvalue weighted by atomic mass is 35.5. The minimum absolute atomic E-state index is 0.0622. The van der Waals surface area contributed by atoms with Gasteiger partial charge < -0.3 is 44.0 Å². The van der Waals surface area contributed by atoms with Gasteiger partial charge in [0.1, 0.15) is 11.9 Å². The SMILES string of the molecule is O=C1CCC(N2C(=O)c3cccc(CCCOCCOCCOCCOCCOCCCC(=O)c4cc5cc(N6CCCC(O)(C(=O)NCc7cc(F)cc(Cl)c7)C6=O)ccc5[nH]4)c3C2=O)C(=O)N1. The fourth-order valence-electron chi connectivity index (χ4n) is 8.47. The molecule has 3 aliphatic heterocycles. The van der Waals surface area contributed by atoms with Gasteiger partial charge >= 0.3 is 0 Å². The third-order valence-electron chi connectivity index (χ3n) is 12.0. The van der Waals surface area contributed by atoms with Gasteiger partial charge in [-0.1, -0.05) is 23.7 Å². The van der Waals surface area contributed by atoms with Crippen molar-refractivity contribution in [3.05, 3.63) is 99.5 Å². The summed E-state index contributed by atoms with van der Waals surface area (Å²) >= 11 is 5.91. The number of hydrogen-bond donors (Lipinski definition) is 4. The van der Waals surface area contributed by atoms with E-state index in [0.717, 1.165) is 11.0 Å². The Bertz CT molecular complexity index is 2530. The molecule has 6 amide bonds. The number of aromatic nitrogens is 1. The molecule has 2 fully saturated rings. The van der Waals surface area contributed by atoms with Crippen LogP contribution in [0, 0.1) is 5.82 Å². The first-order chi connectivity index (χ1) is 33.3. The molecule has 368 valence electrons. The van der Waals surface area contributed by atoms with Crippen LogP contribution in [0.3, 0.4) is 0 Å². The average Bonchev–Trinajstić information content (AvgIpc) is 3.87. The van der Waals surface area contributed by atoms with Crippen LogP contribution in [0.5, 0.6) is 0 Å². The lowest BCUT2D eigenvalue weighted by Crippen LogP contribution is -2.61. The highest BCUT2D eigenvalue weighted by Crippen LogP contribution is 2.32. The van der Waals surface area contributed by atoms with Crippen molar-refractivity contribution >= 4 is 69.4 Å². The molecule has 3 aromatic carbocycles. The van der Waals surface area contributed by atoms with Crippen LogP contribution in [0.1, 0.15) is 87.3 Å². The van der Waals surface area contributed by atoms with E-state index in [2.05, 4.69) is 15.6 Å². The average molecular weight is 976 g/mol. The van der Waals surface area contributed by atoms with Crippen molar-refractivity contribution in [2.75, 3.05) is 77.5 Å². The number of nitrogens with zero attached hydrogens (tertiary/aromatic N) is 2. The second-order valence-corrected chi connectivity index (χ2v) is 17.3. The zero-order chi connectivity index (χ0) is 48.9. The molecule has 0 saturated carbocycles. The van der Waals surface area contributed by atoms with Crippen molar-refractivity contribution < 1.29 is 66.7 Å². The number of ether oxygens (including phenoxy) is 5. The van der Waals surface area contributed by atoms with Gasteiger partial charge in [0.05, 0.1) is 69.7 Å². The van der Waals surface area contributed by atoms with Crippen LogP contribution in [-0.2, 0) is 55.8 Å². The first-order valence-corrected chi connectivity index (χ1v) is 23.4. The van der Waals surface area contributed by atoms with Gasteiger partial charge in [-0.2, -0.15) is 0 Å². The fourth-order valence-corrected chi connectivity index (χ4v) is 8.71. The third-order valence-corrected chi connectivity index (χ3v) is 12.2. The van der Waals surface area contributed by atoms with Crippen LogP contribution in [0.2, 0.25) is 5.02 Å². The maximum atomic E-state index is 13.7. The van der Waals surface area contributed by atoms with Crippen LogP contribution in [-0.4, -0.2) is 140 Å². The number of aromatic amines is 1. The molecule has 1 aromatic heterocycles. The number of hydrogen-bond acceptors (Lipinski definition) is 13. The highest BCUT2D eigenvalue weighted by Gasteiger charge is 2.49. The molecular weight excluding hydrogens is 921 g/mol. The van der Waals surface area contributed by atoms with E-state index < -0.39 is 52.9 Å².